The summed E-state index contributed by atoms with van der Waals surface area (Å²) >= 11 is 0. The second kappa shape index (κ2) is 7.29. The lowest BCUT2D eigenvalue weighted by molar-refractivity contribution is 0.145. The zero-order chi connectivity index (χ0) is 12.0. The van der Waals surface area contributed by atoms with Crippen molar-refractivity contribution < 1.29 is 0 Å². The molecule has 2 nitrogen and oxygen atoms in total. The molecule has 0 spiro atoms. The summed E-state index contributed by atoms with van der Waals surface area (Å²) < 4.78 is 0. The summed E-state index contributed by atoms with van der Waals surface area (Å²) in [6.45, 7) is 14.3. The third kappa shape index (κ3) is 5.31. The van der Waals surface area contributed by atoms with Crippen LogP contribution < -0.4 is 5.32 Å². The average Bonchev–Trinajstić information content (AvgIpc) is 2.42. The standard InChI is InChI=1S/C14H30N2/c1-12(2)10-16(11-13(3)4)14-6-5-8-15-9-7-14/h12-15H,5-11H2,1-4H3. The van der Waals surface area contributed by atoms with Crippen molar-refractivity contribution in [1.82, 2.24) is 10.2 Å². The first-order chi connectivity index (χ1) is 7.59. The number of hydrogen-bond acceptors (Lipinski definition) is 2. The van der Waals surface area contributed by atoms with E-state index >= 15 is 0 Å². The predicted molar refractivity (Wildman–Crippen MR) is 71.8 cm³/mol. The van der Waals surface area contributed by atoms with Crippen molar-refractivity contribution in [2.45, 2.75) is 53.0 Å². The summed E-state index contributed by atoms with van der Waals surface area (Å²) in [4.78, 5) is 2.74. The molecule has 0 saturated carbocycles. The lowest BCUT2D eigenvalue weighted by atomic mass is 10.0. The van der Waals surface area contributed by atoms with Crippen LogP contribution in [0, 0.1) is 11.8 Å². The van der Waals surface area contributed by atoms with Gasteiger partial charge in [0.15, 0.2) is 0 Å². The monoisotopic (exact) mass is 226 g/mol. The lowest BCUT2D eigenvalue weighted by Crippen LogP contribution is -2.40. The summed E-state index contributed by atoms with van der Waals surface area (Å²) in [7, 11) is 0. The molecule has 0 aromatic carbocycles. The zero-order valence-electron chi connectivity index (χ0n) is 11.6. The van der Waals surface area contributed by atoms with E-state index in [9.17, 15) is 0 Å². The fourth-order valence-electron chi connectivity index (χ4n) is 2.68. The number of hydrogen-bond donors (Lipinski definition) is 1. The van der Waals surface area contributed by atoms with Crippen molar-refractivity contribution in [1.29, 1.82) is 0 Å². The van der Waals surface area contributed by atoms with Gasteiger partial charge in [-0.2, -0.15) is 0 Å². The number of rotatable bonds is 5. The molecule has 1 atom stereocenters. The molecule has 2 heteroatoms. The summed E-state index contributed by atoms with van der Waals surface area (Å²) in [5.74, 6) is 1.57. The van der Waals surface area contributed by atoms with E-state index in [0.29, 0.717) is 0 Å². The Balaban J connectivity index is 2.50. The molecule has 0 bridgehead atoms. The van der Waals surface area contributed by atoms with E-state index < -0.39 is 0 Å². The van der Waals surface area contributed by atoms with Gasteiger partial charge < -0.3 is 5.32 Å². The van der Waals surface area contributed by atoms with Crippen LogP contribution in [0.1, 0.15) is 47.0 Å². The molecule has 16 heavy (non-hydrogen) atoms. The van der Waals surface area contributed by atoms with Crippen LogP contribution in [0.2, 0.25) is 0 Å². The topological polar surface area (TPSA) is 15.3 Å². The second-order valence-electron chi connectivity index (χ2n) is 6.08. The van der Waals surface area contributed by atoms with E-state index in [2.05, 4.69) is 37.9 Å². The van der Waals surface area contributed by atoms with Crippen molar-refractivity contribution in [3.63, 3.8) is 0 Å². The smallest absolute Gasteiger partial charge is 0.0108 e. The number of nitrogens with zero attached hydrogens (tertiary/aromatic N) is 1. The van der Waals surface area contributed by atoms with Crippen LogP contribution in [0.5, 0.6) is 0 Å². The Labute approximate surface area is 102 Å². The van der Waals surface area contributed by atoms with Crippen molar-refractivity contribution in [2.24, 2.45) is 11.8 Å². The van der Waals surface area contributed by atoms with Gasteiger partial charge in [-0.05, 0) is 44.2 Å². The van der Waals surface area contributed by atoms with E-state index in [1.165, 1.54) is 45.4 Å². The van der Waals surface area contributed by atoms with Crippen LogP contribution in [0.25, 0.3) is 0 Å². The molecule has 96 valence electrons. The van der Waals surface area contributed by atoms with Crippen LogP contribution >= 0.6 is 0 Å². The minimum absolute atomic E-state index is 0.787. The number of nitrogens with one attached hydrogen (secondary N) is 1. The van der Waals surface area contributed by atoms with E-state index in [1.807, 2.05) is 0 Å². The summed E-state index contributed by atoms with van der Waals surface area (Å²) in [5.41, 5.74) is 0. The van der Waals surface area contributed by atoms with Crippen LogP contribution in [0.4, 0.5) is 0 Å². The van der Waals surface area contributed by atoms with Crippen molar-refractivity contribution >= 4 is 0 Å². The van der Waals surface area contributed by atoms with E-state index in [4.69, 9.17) is 0 Å². The minimum atomic E-state index is 0.787. The molecule has 1 unspecified atom stereocenters. The maximum absolute atomic E-state index is 3.51. The molecule has 1 heterocycles. The van der Waals surface area contributed by atoms with Gasteiger partial charge in [0.2, 0.25) is 0 Å². The van der Waals surface area contributed by atoms with Gasteiger partial charge in [-0.15, -0.1) is 0 Å². The maximum atomic E-state index is 3.51. The Kier molecular flexibility index (Phi) is 6.37. The van der Waals surface area contributed by atoms with Crippen molar-refractivity contribution in [3.05, 3.63) is 0 Å². The molecule has 1 saturated heterocycles. The first-order valence-corrected chi connectivity index (χ1v) is 7.04. The summed E-state index contributed by atoms with van der Waals surface area (Å²) in [5, 5.41) is 3.51. The van der Waals surface area contributed by atoms with Gasteiger partial charge in [0, 0.05) is 19.1 Å². The van der Waals surface area contributed by atoms with Gasteiger partial charge in [-0.25, -0.2) is 0 Å². The Morgan fingerprint density at radius 3 is 2.19 bits per heavy atom. The highest BCUT2D eigenvalue weighted by molar-refractivity contribution is 4.77. The van der Waals surface area contributed by atoms with Crippen molar-refractivity contribution in [2.75, 3.05) is 26.2 Å². The van der Waals surface area contributed by atoms with Gasteiger partial charge in [-0.3, -0.25) is 4.90 Å². The fourth-order valence-corrected chi connectivity index (χ4v) is 2.68. The molecule has 1 aliphatic heterocycles. The van der Waals surface area contributed by atoms with Gasteiger partial charge >= 0.3 is 0 Å². The van der Waals surface area contributed by atoms with Gasteiger partial charge in [0.1, 0.15) is 0 Å². The predicted octanol–water partition coefficient (Wildman–Crippen LogP) is 2.74. The molecule has 0 amide bonds. The zero-order valence-corrected chi connectivity index (χ0v) is 11.6. The summed E-state index contributed by atoms with van der Waals surface area (Å²) in [6, 6.07) is 0.819. The highest BCUT2D eigenvalue weighted by Crippen LogP contribution is 2.16. The third-order valence-corrected chi connectivity index (χ3v) is 3.26. The first-order valence-electron chi connectivity index (χ1n) is 7.04. The molecule has 0 aliphatic carbocycles. The molecule has 0 aromatic rings. The largest absolute Gasteiger partial charge is 0.317 e. The van der Waals surface area contributed by atoms with Crippen LogP contribution in [0.15, 0.2) is 0 Å². The lowest BCUT2D eigenvalue weighted by Gasteiger charge is -2.33. The SMILES string of the molecule is CC(C)CN(CC(C)C)C1CCCNCC1. The average molecular weight is 226 g/mol. The molecular weight excluding hydrogens is 196 g/mol. The molecule has 0 radical (unpaired) electrons. The van der Waals surface area contributed by atoms with Crippen LogP contribution in [-0.2, 0) is 0 Å². The van der Waals surface area contributed by atoms with Crippen LogP contribution in [0.3, 0.4) is 0 Å². The molecule has 1 N–H and O–H groups in total. The van der Waals surface area contributed by atoms with Gasteiger partial charge in [0.25, 0.3) is 0 Å². The molecule has 1 aliphatic rings. The summed E-state index contributed by atoms with van der Waals surface area (Å²) in [6.07, 6.45) is 4.06. The minimum Gasteiger partial charge on any atom is -0.317 e. The Morgan fingerprint density at radius 2 is 1.62 bits per heavy atom. The quantitative estimate of drug-likeness (QED) is 0.775. The molecule has 1 fully saturated rings. The maximum Gasteiger partial charge on any atom is 0.0108 e. The van der Waals surface area contributed by atoms with E-state index in [1.54, 1.807) is 0 Å². The highest BCUT2D eigenvalue weighted by Gasteiger charge is 2.21. The Morgan fingerprint density at radius 1 is 1.00 bits per heavy atom. The molecule has 0 aromatic heterocycles. The third-order valence-electron chi connectivity index (χ3n) is 3.26. The normalized spacial score (nSPS) is 23.1. The Bertz CT molecular complexity index is 160. The highest BCUT2D eigenvalue weighted by atomic mass is 15.2. The second-order valence-corrected chi connectivity index (χ2v) is 6.08. The Hall–Kier alpha value is -0.0800. The van der Waals surface area contributed by atoms with Crippen molar-refractivity contribution in [3.8, 4) is 0 Å². The molecule has 1 rings (SSSR count). The van der Waals surface area contributed by atoms with E-state index in [0.717, 1.165) is 17.9 Å². The van der Waals surface area contributed by atoms with Crippen LogP contribution in [-0.4, -0.2) is 37.1 Å². The van der Waals surface area contributed by atoms with E-state index in [-0.39, 0.29) is 0 Å². The fraction of sp³-hybridized carbons (Fsp3) is 1.00. The first kappa shape index (κ1) is 14.0. The molecular formula is C14H30N2. The van der Waals surface area contributed by atoms with Gasteiger partial charge in [0.05, 0.1) is 0 Å². The van der Waals surface area contributed by atoms with Gasteiger partial charge in [-0.1, -0.05) is 27.7 Å².